The van der Waals surface area contributed by atoms with Crippen LogP contribution in [0, 0.1) is 19.3 Å². The number of para-hydroxylation sites is 1. The molecule has 0 aromatic heterocycles. The third-order valence-corrected chi connectivity index (χ3v) is 12.2. The van der Waals surface area contributed by atoms with E-state index in [0.29, 0.717) is 5.82 Å². The second-order valence-electron chi connectivity index (χ2n) is 16.4. The molecular formula is C48H47BN. The van der Waals surface area contributed by atoms with Gasteiger partial charge in [-0.1, -0.05) is 143 Å². The van der Waals surface area contributed by atoms with E-state index in [9.17, 15) is 0 Å². The van der Waals surface area contributed by atoms with E-state index < -0.39 is 0 Å². The van der Waals surface area contributed by atoms with Gasteiger partial charge in [-0.2, -0.15) is 0 Å². The van der Waals surface area contributed by atoms with Crippen molar-refractivity contribution >= 4 is 24.3 Å². The minimum atomic E-state index is -0.328. The van der Waals surface area contributed by atoms with E-state index in [1.807, 2.05) is 0 Å². The summed E-state index contributed by atoms with van der Waals surface area (Å²) in [4.78, 5) is 5.07. The van der Waals surface area contributed by atoms with Crippen LogP contribution in [0.3, 0.4) is 0 Å². The quantitative estimate of drug-likeness (QED) is 0.133. The molecule has 50 heavy (non-hydrogen) atoms. The molecule has 1 spiro atoms. The SMILES string of the molecule is CC(=Nc1ccccc1C)c1cc(C)cc(-c2ccc3c(c2)C2(C4=C3C=CC([B]C(C)(C)C(C)(C)C)C4)c3ccccc3-c3ccccc32)c1. The molecule has 8 rings (SSSR count). The van der Waals surface area contributed by atoms with Crippen LogP contribution in [0.5, 0.6) is 0 Å². The molecule has 247 valence electrons. The molecule has 0 saturated carbocycles. The highest BCUT2D eigenvalue weighted by molar-refractivity contribution is 6.43. The zero-order valence-corrected chi connectivity index (χ0v) is 30.9. The van der Waals surface area contributed by atoms with Gasteiger partial charge in [0.15, 0.2) is 0 Å². The first-order valence-corrected chi connectivity index (χ1v) is 18.2. The van der Waals surface area contributed by atoms with Crippen LogP contribution in [-0.2, 0) is 5.41 Å². The summed E-state index contributed by atoms with van der Waals surface area (Å²) in [6, 6.07) is 40.9. The van der Waals surface area contributed by atoms with Crippen molar-refractivity contribution in [2.24, 2.45) is 10.4 Å². The molecule has 5 aromatic rings. The molecule has 5 aromatic carbocycles. The van der Waals surface area contributed by atoms with Crippen molar-refractivity contribution in [3.8, 4) is 22.3 Å². The van der Waals surface area contributed by atoms with E-state index >= 15 is 0 Å². The Morgan fingerprint density at radius 2 is 1.36 bits per heavy atom. The molecule has 0 N–H and O–H groups in total. The Balaban J connectivity index is 1.29. The molecule has 0 fully saturated rings. The van der Waals surface area contributed by atoms with Crippen LogP contribution in [-0.4, -0.2) is 13.0 Å². The molecule has 3 aliphatic rings. The van der Waals surface area contributed by atoms with E-state index in [4.69, 9.17) is 4.99 Å². The van der Waals surface area contributed by atoms with Crippen molar-refractivity contribution < 1.29 is 0 Å². The summed E-state index contributed by atoms with van der Waals surface area (Å²) in [6.07, 6.45) is 5.94. The number of aryl methyl sites for hydroxylation is 2. The molecule has 2 heteroatoms. The molecule has 0 heterocycles. The minimum Gasteiger partial charge on any atom is -0.253 e. The first-order valence-electron chi connectivity index (χ1n) is 18.2. The van der Waals surface area contributed by atoms with Crippen LogP contribution in [0.2, 0.25) is 11.1 Å². The van der Waals surface area contributed by atoms with Crippen LogP contribution in [0.15, 0.2) is 132 Å². The molecule has 1 atom stereocenters. The Morgan fingerprint density at radius 3 is 2.04 bits per heavy atom. The fraction of sp³-hybridized carbons (Fsp3) is 0.271. The minimum absolute atomic E-state index is 0.0842. The van der Waals surface area contributed by atoms with Gasteiger partial charge in [0.25, 0.3) is 0 Å². The third kappa shape index (κ3) is 5.02. The summed E-state index contributed by atoms with van der Waals surface area (Å²) < 4.78 is 0. The lowest BCUT2D eigenvalue weighted by atomic mass is 9.38. The number of hydrogen-bond acceptors (Lipinski definition) is 1. The van der Waals surface area contributed by atoms with Crippen molar-refractivity contribution in [3.05, 3.63) is 166 Å². The van der Waals surface area contributed by atoms with Gasteiger partial charge in [0.2, 0.25) is 0 Å². The molecule has 1 radical (unpaired) electrons. The molecule has 0 bridgehead atoms. The zero-order valence-electron chi connectivity index (χ0n) is 30.9. The van der Waals surface area contributed by atoms with Gasteiger partial charge >= 0.3 is 0 Å². The lowest BCUT2D eigenvalue weighted by Crippen LogP contribution is -2.33. The van der Waals surface area contributed by atoms with Gasteiger partial charge in [0.05, 0.1) is 11.1 Å². The van der Waals surface area contributed by atoms with Gasteiger partial charge in [-0.15, -0.1) is 0 Å². The number of fused-ring (bicyclic) bond motifs is 9. The molecule has 0 aliphatic heterocycles. The Morgan fingerprint density at radius 1 is 0.700 bits per heavy atom. The highest BCUT2D eigenvalue weighted by atomic mass is 14.7. The third-order valence-electron chi connectivity index (χ3n) is 12.2. The number of rotatable bonds is 5. The number of benzene rings is 5. The van der Waals surface area contributed by atoms with Gasteiger partial charge in [0.1, 0.15) is 7.28 Å². The first kappa shape index (κ1) is 32.5. The van der Waals surface area contributed by atoms with Gasteiger partial charge in [0, 0.05) is 5.71 Å². The summed E-state index contributed by atoms with van der Waals surface area (Å²) in [6.45, 7) is 18.4. The Kier molecular flexibility index (Phi) is 7.61. The maximum absolute atomic E-state index is 5.07. The van der Waals surface area contributed by atoms with Crippen molar-refractivity contribution in [2.45, 2.75) is 78.4 Å². The second kappa shape index (κ2) is 11.7. The van der Waals surface area contributed by atoms with Gasteiger partial charge in [-0.25, -0.2) is 0 Å². The van der Waals surface area contributed by atoms with Crippen LogP contribution in [0.4, 0.5) is 5.69 Å². The second-order valence-corrected chi connectivity index (χ2v) is 16.4. The largest absolute Gasteiger partial charge is 0.253 e. The lowest BCUT2D eigenvalue weighted by Gasteiger charge is -2.42. The van der Waals surface area contributed by atoms with Crippen LogP contribution in [0.25, 0.3) is 27.8 Å². The van der Waals surface area contributed by atoms with Gasteiger partial charge in [-0.3, -0.25) is 4.99 Å². The fourth-order valence-electron chi connectivity index (χ4n) is 8.62. The molecule has 0 saturated heterocycles. The highest BCUT2D eigenvalue weighted by Gasteiger charge is 2.53. The Hall–Kier alpha value is -4.69. The first-order chi connectivity index (χ1) is 23.9. The van der Waals surface area contributed by atoms with Gasteiger partial charge in [-0.05, 0) is 129 Å². The number of nitrogens with zero attached hydrogens (tertiary/aromatic N) is 1. The fourth-order valence-corrected chi connectivity index (χ4v) is 8.62. The summed E-state index contributed by atoms with van der Waals surface area (Å²) in [5.41, 5.74) is 19.2. The molecule has 1 unspecified atom stereocenters. The van der Waals surface area contributed by atoms with E-state index in [-0.39, 0.29) is 16.1 Å². The zero-order chi connectivity index (χ0) is 35.0. The van der Waals surface area contributed by atoms with Gasteiger partial charge < -0.3 is 0 Å². The standard InChI is InChI=1S/C48H47BN/c1-30-25-34(32(3)50-45-20-14-9-15-31(45)2)27-35(26-30)33-21-23-39-40-24-22-36(49-47(7,8)46(4,5)6)29-44(40)48(43(39)28-33)41-18-12-10-16-37(41)38-17-11-13-19-42(38)48/h9-28,36H,29H2,1-8H3. The van der Waals surface area contributed by atoms with Crippen molar-refractivity contribution in [1.82, 2.24) is 0 Å². The molecule has 3 aliphatic carbocycles. The smallest absolute Gasteiger partial charge is 0.127 e. The lowest BCUT2D eigenvalue weighted by molar-refractivity contribution is 0.296. The molecule has 0 amide bonds. The highest BCUT2D eigenvalue weighted by Crippen LogP contribution is 2.65. The summed E-state index contributed by atoms with van der Waals surface area (Å²) in [5.74, 6) is 0.364. The van der Waals surface area contributed by atoms with E-state index in [2.05, 4.69) is 184 Å². The maximum atomic E-state index is 5.07. The van der Waals surface area contributed by atoms with Crippen LogP contribution < -0.4 is 0 Å². The maximum Gasteiger partial charge on any atom is 0.127 e. The topological polar surface area (TPSA) is 12.4 Å². The van der Waals surface area contributed by atoms with Crippen molar-refractivity contribution in [1.29, 1.82) is 0 Å². The van der Waals surface area contributed by atoms with E-state index in [1.54, 1.807) is 5.57 Å². The van der Waals surface area contributed by atoms with E-state index in [0.717, 1.165) is 23.4 Å². The normalized spacial score (nSPS) is 17.4. The Bertz CT molecular complexity index is 2220. The molecular weight excluding hydrogens is 601 g/mol. The predicted molar refractivity (Wildman–Crippen MR) is 215 cm³/mol. The van der Waals surface area contributed by atoms with Crippen LogP contribution >= 0.6 is 0 Å². The average molecular weight is 649 g/mol. The van der Waals surface area contributed by atoms with Crippen molar-refractivity contribution in [2.75, 3.05) is 0 Å². The Labute approximate surface area is 300 Å². The predicted octanol–water partition coefficient (Wildman–Crippen LogP) is 12.9. The van der Waals surface area contributed by atoms with Crippen molar-refractivity contribution in [3.63, 3.8) is 0 Å². The summed E-state index contributed by atoms with van der Waals surface area (Å²) in [5, 5.41) is 0.0842. The number of allylic oxidation sites excluding steroid dienone is 4. The molecule has 1 nitrogen and oxygen atoms in total. The van der Waals surface area contributed by atoms with Crippen LogP contribution in [0.1, 0.15) is 86.9 Å². The van der Waals surface area contributed by atoms with E-state index in [1.165, 1.54) is 61.2 Å². The number of hydrogen-bond donors (Lipinski definition) is 0. The summed E-state index contributed by atoms with van der Waals surface area (Å²) in [7, 11) is 2.62. The summed E-state index contributed by atoms with van der Waals surface area (Å²) >= 11 is 0. The average Bonchev–Trinajstić information content (AvgIpc) is 3.55. The number of aliphatic imine (C=N–C) groups is 1. The monoisotopic (exact) mass is 648 g/mol.